The monoisotopic (exact) mass is 517 g/mol. The first-order valence-corrected chi connectivity index (χ1v) is 13.8. The number of thiol groups is 1. The highest BCUT2D eigenvalue weighted by Crippen LogP contribution is 2.41. The summed E-state index contributed by atoms with van der Waals surface area (Å²) < 4.78 is 5.39. The average Bonchev–Trinajstić information content (AvgIpc) is 3.51. The van der Waals surface area contributed by atoms with Gasteiger partial charge in [0.05, 0.1) is 0 Å². The normalized spacial score (nSPS) is 21.8. The fraction of sp³-hybridized carbons (Fsp3) is 0.679. The Hall–Kier alpha value is -2.22. The SMILES string of the molecule is Cc1ccc(C(C(=O)NC2CCCCC2)N(C(=O)C(CS)NC(=O)OC(C)(C)C)C2CC2C)c(C)c1. The lowest BCUT2D eigenvalue weighted by atomic mass is 9.93. The first kappa shape index (κ1) is 28.4. The van der Waals surface area contributed by atoms with Gasteiger partial charge in [-0.2, -0.15) is 12.6 Å². The topological polar surface area (TPSA) is 87.7 Å². The van der Waals surface area contributed by atoms with Crippen LogP contribution in [0.1, 0.15) is 89.0 Å². The second-order valence-corrected chi connectivity index (χ2v) is 11.9. The van der Waals surface area contributed by atoms with Crippen molar-refractivity contribution in [2.24, 2.45) is 5.92 Å². The second kappa shape index (κ2) is 11.9. The van der Waals surface area contributed by atoms with E-state index in [1.165, 1.54) is 6.42 Å². The zero-order chi connectivity index (χ0) is 26.6. The standard InChI is InChI=1S/C28H43N3O4S/c1-17-12-13-21(18(2)14-17)24(25(32)29-20-10-8-7-9-11-20)31(23-15-19(23)3)26(33)22(16-36)30-27(34)35-28(4,5)6/h12-14,19-20,22-24,36H,7-11,15-16H2,1-6H3,(H,29,32)(H,30,34). The van der Waals surface area contributed by atoms with E-state index in [4.69, 9.17) is 4.74 Å². The van der Waals surface area contributed by atoms with Gasteiger partial charge >= 0.3 is 6.09 Å². The van der Waals surface area contributed by atoms with Crippen molar-refractivity contribution in [1.29, 1.82) is 0 Å². The molecule has 1 aromatic carbocycles. The fourth-order valence-corrected chi connectivity index (χ4v) is 5.31. The summed E-state index contributed by atoms with van der Waals surface area (Å²) in [6.45, 7) is 11.4. The van der Waals surface area contributed by atoms with Crippen LogP contribution in [-0.2, 0) is 14.3 Å². The third-order valence-electron chi connectivity index (χ3n) is 7.05. The number of benzene rings is 1. The molecule has 2 fully saturated rings. The Balaban J connectivity index is 1.95. The van der Waals surface area contributed by atoms with E-state index >= 15 is 0 Å². The Bertz CT molecular complexity index is 955. The lowest BCUT2D eigenvalue weighted by molar-refractivity contribution is -0.143. The number of carbonyl (C=O) groups is 3. The van der Waals surface area contributed by atoms with Crippen LogP contribution >= 0.6 is 12.6 Å². The molecule has 0 spiro atoms. The minimum Gasteiger partial charge on any atom is -0.444 e. The predicted molar refractivity (Wildman–Crippen MR) is 145 cm³/mol. The molecular formula is C28H43N3O4S. The molecule has 0 radical (unpaired) electrons. The summed E-state index contributed by atoms with van der Waals surface area (Å²) >= 11 is 4.38. The van der Waals surface area contributed by atoms with Crippen LogP contribution in [0.25, 0.3) is 0 Å². The maximum atomic E-state index is 14.0. The van der Waals surface area contributed by atoms with Gasteiger partial charge in [-0.1, -0.05) is 49.9 Å². The van der Waals surface area contributed by atoms with Crippen LogP contribution < -0.4 is 10.6 Å². The van der Waals surface area contributed by atoms with E-state index in [-0.39, 0.29) is 35.6 Å². The van der Waals surface area contributed by atoms with Crippen molar-refractivity contribution in [3.8, 4) is 0 Å². The number of rotatable bonds is 8. The highest BCUT2D eigenvalue weighted by atomic mass is 32.1. The van der Waals surface area contributed by atoms with E-state index in [9.17, 15) is 14.4 Å². The number of nitrogens with one attached hydrogen (secondary N) is 2. The molecule has 4 unspecified atom stereocenters. The van der Waals surface area contributed by atoms with Gasteiger partial charge in [-0.05, 0) is 70.9 Å². The minimum absolute atomic E-state index is 0.0804. The fourth-order valence-electron chi connectivity index (χ4n) is 5.06. The van der Waals surface area contributed by atoms with E-state index in [1.54, 1.807) is 25.7 Å². The summed E-state index contributed by atoms with van der Waals surface area (Å²) in [5.74, 6) is -0.100. The van der Waals surface area contributed by atoms with Crippen LogP contribution in [0, 0.1) is 19.8 Å². The number of carbonyl (C=O) groups excluding carboxylic acids is 3. The van der Waals surface area contributed by atoms with Gasteiger partial charge < -0.3 is 20.3 Å². The third kappa shape index (κ3) is 7.40. The van der Waals surface area contributed by atoms with Gasteiger partial charge in [0.25, 0.3) is 0 Å². The van der Waals surface area contributed by atoms with Crippen molar-refractivity contribution in [2.45, 2.75) is 110 Å². The molecule has 3 rings (SSSR count). The molecule has 2 N–H and O–H groups in total. The van der Waals surface area contributed by atoms with Gasteiger partial charge in [0.1, 0.15) is 17.7 Å². The van der Waals surface area contributed by atoms with Crippen molar-refractivity contribution >= 4 is 30.5 Å². The molecule has 3 amide bonds. The summed E-state index contributed by atoms with van der Waals surface area (Å²) in [4.78, 5) is 42.2. The first-order valence-electron chi connectivity index (χ1n) is 13.2. The Morgan fingerprint density at radius 2 is 1.78 bits per heavy atom. The maximum Gasteiger partial charge on any atom is 0.408 e. The van der Waals surface area contributed by atoms with E-state index in [2.05, 4.69) is 30.2 Å². The number of alkyl carbamates (subject to hydrolysis) is 1. The number of aryl methyl sites for hydroxylation is 2. The molecule has 8 heteroatoms. The lowest BCUT2D eigenvalue weighted by Crippen LogP contribution is -2.55. The quantitative estimate of drug-likeness (QED) is 0.430. The summed E-state index contributed by atoms with van der Waals surface area (Å²) in [7, 11) is 0. The van der Waals surface area contributed by atoms with E-state index in [0.29, 0.717) is 0 Å². The lowest BCUT2D eigenvalue weighted by Gasteiger charge is -2.36. The zero-order valence-electron chi connectivity index (χ0n) is 22.6. The van der Waals surface area contributed by atoms with Crippen LogP contribution in [0.2, 0.25) is 0 Å². The molecule has 0 saturated heterocycles. The van der Waals surface area contributed by atoms with E-state index in [1.807, 2.05) is 32.0 Å². The summed E-state index contributed by atoms with van der Waals surface area (Å²) in [5, 5.41) is 5.95. The Morgan fingerprint density at radius 3 is 2.31 bits per heavy atom. The first-order chi connectivity index (χ1) is 16.9. The van der Waals surface area contributed by atoms with Gasteiger partial charge in [0.2, 0.25) is 11.8 Å². The van der Waals surface area contributed by atoms with Crippen molar-refractivity contribution in [3.05, 3.63) is 34.9 Å². The van der Waals surface area contributed by atoms with Gasteiger partial charge in [0.15, 0.2) is 0 Å². The number of hydrogen-bond donors (Lipinski definition) is 3. The molecule has 36 heavy (non-hydrogen) atoms. The Labute approximate surface area is 221 Å². The highest BCUT2D eigenvalue weighted by molar-refractivity contribution is 7.80. The van der Waals surface area contributed by atoms with Crippen LogP contribution in [-0.4, -0.2) is 52.3 Å². The Kier molecular flexibility index (Phi) is 9.36. The molecule has 0 aromatic heterocycles. The smallest absolute Gasteiger partial charge is 0.408 e. The molecule has 200 valence electrons. The van der Waals surface area contributed by atoms with Crippen molar-refractivity contribution in [1.82, 2.24) is 15.5 Å². The zero-order valence-corrected chi connectivity index (χ0v) is 23.5. The van der Waals surface area contributed by atoms with Gasteiger partial charge in [-0.25, -0.2) is 4.79 Å². The van der Waals surface area contributed by atoms with Gasteiger partial charge in [-0.3, -0.25) is 9.59 Å². The number of hydrogen-bond acceptors (Lipinski definition) is 5. The second-order valence-electron chi connectivity index (χ2n) is 11.5. The van der Waals surface area contributed by atoms with E-state index in [0.717, 1.165) is 48.8 Å². The van der Waals surface area contributed by atoms with Crippen molar-refractivity contribution in [3.63, 3.8) is 0 Å². The molecule has 0 heterocycles. The molecule has 2 aliphatic rings. The highest BCUT2D eigenvalue weighted by Gasteiger charge is 2.48. The van der Waals surface area contributed by atoms with Crippen LogP contribution in [0.5, 0.6) is 0 Å². The molecule has 4 atom stereocenters. The largest absolute Gasteiger partial charge is 0.444 e. The number of amides is 3. The van der Waals surface area contributed by atoms with Gasteiger partial charge in [-0.15, -0.1) is 0 Å². The third-order valence-corrected chi connectivity index (χ3v) is 7.41. The van der Waals surface area contributed by atoms with Crippen LogP contribution in [0.15, 0.2) is 18.2 Å². The average molecular weight is 518 g/mol. The molecule has 1 aromatic rings. The number of nitrogens with zero attached hydrogens (tertiary/aromatic N) is 1. The molecule has 2 aliphatic carbocycles. The van der Waals surface area contributed by atoms with Crippen molar-refractivity contribution < 1.29 is 19.1 Å². The van der Waals surface area contributed by atoms with Crippen LogP contribution in [0.4, 0.5) is 4.79 Å². The van der Waals surface area contributed by atoms with Crippen molar-refractivity contribution in [2.75, 3.05) is 5.75 Å². The predicted octanol–water partition coefficient (Wildman–Crippen LogP) is 4.85. The Morgan fingerprint density at radius 1 is 1.14 bits per heavy atom. The minimum atomic E-state index is -0.910. The molecular weight excluding hydrogens is 474 g/mol. The molecule has 0 aliphatic heterocycles. The van der Waals surface area contributed by atoms with Gasteiger partial charge in [0, 0.05) is 17.8 Å². The summed E-state index contributed by atoms with van der Waals surface area (Å²) in [6.07, 6.45) is 5.45. The summed E-state index contributed by atoms with van der Waals surface area (Å²) in [6, 6.07) is 4.34. The molecule has 0 bridgehead atoms. The molecule has 7 nitrogen and oxygen atoms in total. The van der Waals surface area contributed by atoms with E-state index < -0.39 is 23.8 Å². The molecule has 2 saturated carbocycles. The maximum absolute atomic E-state index is 14.0. The number of ether oxygens (including phenoxy) is 1. The van der Waals surface area contributed by atoms with Crippen LogP contribution in [0.3, 0.4) is 0 Å². The summed E-state index contributed by atoms with van der Waals surface area (Å²) in [5.41, 5.74) is 2.18.